The summed E-state index contributed by atoms with van der Waals surface area (Å²) in [5.74, 6) is -1.02. The zero-order valence-corrected chi connectivity index (χ0v) is 10.8. The molecule has 0 aromatic heterocycles. The molecule has 0 spiro atoms. The summed E-state index contributed by atoms with van der Waals surface area (Å²) in [6.45, 7) is 0. The maximum atomic E-state index is 12.6. The smallest absolute Gasteiger partial charge is 0.270 e. The monoisotopic (exact) mass is 291 g/mol. The van der Waals surface area contributed by atoms with Crippen LogP contribution in [-0.4, -0.2) is 25.7 Å². The van der Waals surface area contributed by atoms with E-state index in [-0.39, 0.29) is 17.1 Å². The topological polar surface area (TPSA) is 63.2 Å². The van der Waals surface area contributed by atoms with E-state index in [0.29, 0.717) is 5.56 Å². The van der Waals surface area contributed by atoms with Crippen LogP contribution in [0.1, 0.15) is 18.0 Å². The molecule has 0 aliphatic carbocycles. The molecule has 1 aromatic rings. The normalized spacial score (nSPS) is 22.9. The molecule has 0 saturated heterocycles. The lowest BCUT2D eigenvalue weighted by Gasteiger charge is -2.26. The maximum Gasteiger partial charge on any atom is 0.270 e. The van der Waals surface area contributed by atoms with Gasteiger partial charge >= 0.3 is 0 Å². The second-order valence-corrected chi connectivity index (χ2v) is 6.47. The minimum atomic E-state index is -3.31. The van der Waals surface area contributed by atoms with Crippen molar-refractivity contribution in [2.24, 2.45) is 0 Å². The molecule has 0 fully saturated rings. The molecule has 0 saturated carbocycles. The number of alkyl halides is 2. The molecule has 1 aliphatic heterocycles. The fourth-order valence-corrected chi connectivity index (χ4v) is 3.66. The van der Waals surface area contributed by atoms with Crippen molar-refractivity contribution in [2.75, 3.05) is 5.75 Å². The summed E-state index contributed by atoms with van der Waals surface area (Å²) in [5, 5.41) is 2.40. The average molecular weight is 292 g/mol. The van der Waals surface area contributed by atoms with Crippen LogP contribution in [0.3, 0.4) is 0 Å². The van der Waals surface area contributed by atoms with Crippen molar-refractivity contribution < 1.29 is 17.6 Å². The van der Waals surface area contributed by atoms with Gasteiger partial charge in [0, 0.05) is 0 Å². The summed E-state index contributed by atoms with van der Waals surface area (Å²) in [4.78, 5) is 11.4. The fraction of sp³-hybridized carbons (Fsp3) is 0.364. The molecule has 1 amide bonds. The van der Waals surface area contributed by atoms with E-state index in [2.05, 4.69) is 5.32 Å². The van der Waals surface area contributed by atoms with Crippen LogP contribution in [0, 0.1) is 0 Å². The number of amides is 1. The Balaban J connectivity index is 2.34. The van der Waals surface area contributed by atoms with Gasteiger partial charge in [-0.1, -0.05) is 29.8 Å². The number of sulfone groups is 1. The highest BCUT2D eigenvalue weighted by atomic mass is 35.5. The standard InChI is InChI=1S/C11H11ClFNO3S/c12-10(13)11(15)14-8-5-6-18(16,17)9-4-2-1-3-7(8)9/h1-4,8,10H,5-6H2,(H,14,15). The SMILES string of the molecule is O=C(NC1CCS(=O)(=O)c2ccccc21)C(F)Cl. The molecular weight excluding hydrogens is 281 g/mol. The zero-order chi connectivity index (χ0) is 13.3. The van der Waals surface area contributed by atoms with Gasteiger partial charge in [-0.3, -0.25) is 4.79 Å². The number of nitrogens with one attached hydrogen (secondary N) is 1. The first-order chi connectivity index (χ1) is 8.42. The van der Waals surface area contributed by atoms with E-state index < -0.39 is 27.4 Å². The van der Waals surface area contributed by atoms with Gasteiger partial charge < -0.3 is 5.32 Å². The predicted octanol–water partition coefficient (Wildman–Crippen LogP) is 1.56. The minimum Gasteiger partial charge on any atom is -0.346 e. The number of benzene rings is 1. The third-order valence-electron chi connectivity index (χ3n) is 2.82. The highest BCUT2D eigenvalue weighted by Gasteiger charge is 2.31. The molecule has 2 unspecified atom stereocenters. The number of carbonyl (C=O) groups is 1. The van der Waals surface area contributed by atoms with Gasteiger partial charge in [-0.15, -0.1) is 0 Å². The van der Waals surface area contributed by atoms with Gasteiger partial charge in [0.15, 0.2) is 9.84 Å². The fourth-order valence-electron chi connectivity index (χ4n) is 1.97. The van der Waals surface area contributed by atoms with Crippen molar-refractivity contribution >= 4 is 27.3 Å². The summed E-state index contributed by atoms with van der Waals surface area (Å²) in [6.07, 6.45) is 0.217. The number of fused-ring (bicyclic) bond motifs is 1. The third kappa shape index (κ3) is 2.49. The van der Waals surface area contributed by atoms with Crippen LogP contribution in [0.15, 0.2) is 29.2 Å². The number of rotatable bonds is 2. The van der Waals surface area contributed by atoms with E-state index >= 15 is 0 Å². The Bertz CT molecular complexity index is 573. The number of hydrogen-bond acceptors (Lipinski definition) is 3. The van der Waals surface area contributed by atoms with Gasteiger partial charge in [-0.05, 0) is 18.1 Å². The Morgan fingerprint density at radius 3 is 2.78 bits per heavy atom. The molecule has 4 nitrogen and oxygen atoms in total. The van der Waals surface area contributed by atoms with Gasteiger partial charge in [0.25, 0.3) is 11.5 Å². The summed E-state index contributed by atoms with van der Waals surface area (Å²) >= 11 is 5.03. The first-order valence-electron chi connectivity index (χ1n) is 5.32. The van der Waals surface area contributed by atoms with Gasteiger partial charge in [-0.25, -0.2) is 12.8 Å². The van der Waals surface area contributed by atoms with Crippen LogP contribution >= 0.6 is 11.6 Å². The van der Waals surface area contributed by atoms with E-state index in [4.69, 9.17) is 11.6 Å². The van der Waals surface area contributed by atoms with Crippen LogP contribution in [0.2, 0.25) is 0 Å². The Morgan fingerprint density at radius 2 is 2.11 bits per heavy atom. The molecule has 7 heteroatoms. The highest BCUT2D eigenvalue weighted by Crippen LogP contribution is 2.31. The lowest BCUT2D eigenvalue weighted by Crippen LogP contribution is -2.36. The van der Waals surface area contributed by atoms with E-state index in [9.17, 15) is 17.6 Å². The van der Waals surface area contributed by atoms with Crippen LogP contribution in [-0.2, 0) is 14.6 Å². The number of carbonyl (C=O) groups excluding carboxylic acids is 1. The molecule has 1 N–H and O–H groups in total. The molecule has 2 rings (SSSR count). The molecule has 1 heterocycles. The highest BCUT2D eigenvalue weighted by molar-refractivity contribution is 7.91. The Kier molecular flexibility index (Phi) is 3.59. The average Bonchev–Trinajstić information content (AvgIpc) is 2.33. The Hall–Kier alpha value is -1.14. The van der Waals surface area contributed by atoms with Crippen LogP contribution in [0.5, 0.6) is 0 Å². The number of hydrogen-bond donors (Lipinski definition) is 1. The van der Waals surface area contributed by atoms with Crippen molar-refractivity contribution in [2.45, 2.75) is 23.0 Å². The molecule has 1 aromatic carbocycles. The van der Waals surface area contributed by atoms with Crippen molar-refractivity contribution in [1.29, 1.82) is 0 Å². The van der Waals surface area contributed by atoms with Crippen LogP contribution < -0.4 is 5.32 Å². The van der Waals surface area contributed by atoms with Gasteiger partial charge in [-0.2, -0.15) is 0 Å². The lowest BCUT2D eigenvalue weighted by atomic mass is 10.0. The summed E-state index contributed by atoms with van der Waals surface area (Å²) in [7, 11) is -3.31. The predicted molar refractivity (Wildman–Crippen MR) is 64.7 cm³/mol. The van der Waals surface area contributed by atoms with E-state index in [1.165, 1.54) is 6.07 Å². The molecule has 18 heavy (non-hydrogen) atoms. The quantitative estimate of drug-likeness (QED) is 0.841. The summed E-state index contributed by atoms with van der Waals surface area (Å²) < 4.78 is 36.3. The summed E-state index contributed by atoms with van der Waals surface area (Å²) in [5.41, 5.74) is -1.65. The van der Waals surface area contributed by atoms with E-state index in [0.717, 1.165) is 0 Å². The molecule has 0 radical (unpaired) electrons. The van der Waals surface area contributed by atoms with Crippen molar-refractivity contribution in [3.05, 3.63) is 29.8 Å². The first-order valence-corrected chi connectivity index (χ1v) is 7.41. The molecule has 1 aliphatic rings. The second kappa shape index (κ2) is 4.85. The first kappa shape index (κ1) is 13.3. The largest absolute Gasteiger partial charge is 0.346 e. The Labute approximate surface area is 109 Å². The maximum absolute atomic E-state index is 12.6. The van der Waals surface area contributed by atoms with Crippen LogP contribution in [0.4, 0.5) is 4.39 Å². The molecular formula is C11H11ClFNO3S. The van der Waals surface area contributed by atoms with Crippen molar-refractivity contribution in [1.82, 2.24) is 5.32 Å². The van der Waals surface area contributed by atoms with Crippen molar-refractivity contribution in [3.8, 4) is 0 Å². The second-order valence-electron chi connectivity index (χ2n) is 4.01. The van der Waals surface area contributed by atoms with Gasteiger partial charge in [0.1, 0.15) is 0 Å². The minimum absolute atomic E-state index is 0.0752. The third-order valence-corrected chi connectivity index (χ3v) is 4.83. The molecule has 0 bridgehead atoms. The van der Waals surface area contributed by atoms with E-state index in [1.54, 1.807) is 18.2 Å². The van der Waals surface area contributed by atoms with Gasteiger partial charge in [0.2, 0.25) is 0 Å². The molecule has 2 atom stereocenters. The van der Waals surface area contributed by atoms with Gasteiger partial charge in [0.05, 0.1) is 16.7 Å². The lowest BCUT2D eigenvalue weighted by molar-refractivity contribution is -0.124. The van der Waals surface area contributed by atoms with E-state index in [1.807, 2.05) is 0 Å². The summed E-state index contributed by atoms with van der Waals surface area (Å²) in [6, 6.07) is 5.86. The Morgan fingerprint density at radius 1 is 1.44 bits per heavy atom. The van der Waals surface area contributed by atoms with Crippen molar-refractivity contribution in [3.63, 3.8) is 0 Å². The molecule has 98 valence electrons. The van der Waals surface area contributed by atoms with Crippen LogP contribution in [0.25, 0.3) is 0 Å². The zero-order valence-electron chi connectivity index (χ0n) is 9.27. The number of halogens is 2.